The van der Waals surface area contributed by atoms with Crippen LogP contribution < -0.4 is 0 Å². The first-order valence-corrected chi connectivity index (χ1v) is 5.71. The number of hydrogen-bond acceptors (Lipinski definition) is 1. The SMILES string of the molecule is CCC1CC[C@H]2C(=O)CCC[C@]12C. The summed E-state index contributed by atoms with van der Waals surface area (Å²) in [6.45, 7) is 4.63. The average Bonchev–Trinajstić information content (AvgIpc) is 2.43. The van der Waals surface area contributed by atoms with Crippen molar-refractivity contribution in [2.45, 2.75) is 52.4 Å². The summed E-state index contributed by atoms with van der Waals surface area (Å²) in [5, 5.41) is 0. The Labute approximate surface area is 80.9 Å². The Bertz CT molecular complexity index is 221. The van der Waals surface area contributed by atoms with E-state index in [1.165, 1.54) is 25.7 Å². The van der Waals surface area contributed by atoms with Gasteiger partial charge in [-0.2, -0.15) is 0 Å². The fourth-order valence-corrected chi connectivity index (χ4v) is 3.71. The van der Waals surface area contributed by atoms with Crippen molar-refractivity contribution >= 4 is 5.78 Å². The Hall–Kier alpha value is -0.330. The summed E-state index contributed by atoms with van der Waals surface area (Å²) in [6, 6.07) is 0. The first-order valence-electron chi connectivity index (χ1n) is 5.71. The fourth-order valence-electron chi connectivity index (χ4n) is 3.71. The third-order valence-corrected chi connectivity index (χ3v) is 4.55. The van der Waals surface area contributed by atoms with Crippen molar-refractivity contribution in [3.8, 4) is 0 Å². The van der Waals surface area contributed by atoms with E-state index in [1.807, 2.05) is 0 Å². The lowest BCUT2D eigenvalue weighted by Gasteiger charge is -2.39. The lowest BCUT2D eigenvalue weighted by molar-refractivity contribution is -0.129. The van der Waals surface area contributed by atoms with Gasteiger partial charge in [0.25, 0.3) is 0 Å². The molecule has 0 amide bonds. The van der Waals surface area contributed by atoms with Gasteiger partial charge in [0.15, 0.2) is 0 Å². The Kier molecular flexibility index (Phi) is 2.21. The van der Waals surface area contributed by atoms with Crippen LogP contribution in [0.5, 0.6) is 0 Å². The highest BCUT2D eigenvalue weighted by Crippen LogP contribution is 2.55. The number of hydrogen-bond donors (Lipinski definition) is 0. The van der Waals surface area contributed by atoms with E-state index < -0.39 is 0 Å². The van der Waals surface area contributed by atoms with E-state index in [2.05, 4.69) is 13.8 Å². The minimum absolute atomic E-state index is 0.379. The summed E-state index contributed by atoms with van der Waals surface area (Å²) in [6.07, 6.45) is 7.03. The van der Waals surface area contributed by atoms with Gasteiger partial charge >= 0.3 is 0 Å². The molecule has 1 heteroatoms. The van der Waals surface area contributed by atoms with Gasteiger partial charge in [0, 0.05) is 12.3 Å². The molecule has 0 aromatic heterocycles. The maximum absolute atomic E-state index is 11.7. The van der Waals surface area contributed by atoms with Crippen molar-refractivity contribution < 1.29 is 4.79 Å². The minimum Gasteiger partial charge on any atom is -0.299 e. The van der Waals surface area contributed by atoms with Crippen LogP contribution in [-0.2, 0) is 4.79 Å². The number of rotatable bonds is 1. The standard InChI is InChI=1S/C12H20O/c1-3-9-6-7-10-11(13)5-4-8-12(9,10)2/h9-10H,3-8H2,1-2H3/t9?,10-,12+/m0/s1. The number of carbonyl (C=O) groups is 1. The highest BCUT2D eigenvalue weighted by Gasteiger charge is 2.49. The Morgan fingerprint density at radius 1 is 1.46 bits per heavy atom. The summed E-state index contributed by atoms with van der Waals surface area (Å²) in [5.74, 6) is 1.80. The zero-order chi connectivity index (χ0) is 9.47. The summed E-state index contributed by atoms with van der Waals surface area (Å²) in [4.78, 5) is 11.7. The molecule has 1 unspecified atom stereocenters. The number of ketones is 1. The molecular formula is C12H20O. The van der Waals surface area contributed by atoms with Crippen LogP contribution in [0.15, 0.2) is 0 Å². The molecule has 0 radical (unpaired) electrons. The van der Waals surface area contributed by atoms with Gasteiger partial charge in [0.2, 0.25) is 0 Å². The van der Waals surface area contributed by atoms with Gasteiger partial charge in [-0.25, -0.2) is 0 Å². The molecule has 0 spiro atoms. The Morgan fingerprint density at radius 2 is 2.23 bits per heavy atom. The quantitative estimate of drug-likeness (QED) is 0.605. The van der Waals surface area contributed by atoms with Crippen molar-refractivity contribution in [2.24, 2.45) is 17.3 Å². The fraction of sp³-hybridized carbons (Fsp3) is 0.917. The summed E-state index contributed by atoms with van der Waals surface area (Å²) in [5.41, 5.74) is 0.379. The van der Waals surface area contributed by atoms with Crippen molar-refractivity contribution in [3.05, 3.63) is 0 Å². The molecule has 2 aliphatic carbocycles. The van der Waals surface area contributed by atoms with Crippen LogP contribution in [0.1, 0.15) is 52.4 Å². The maximum Gasteiger partial charge on any atom is 0.136 e. The average molecular weight is 180 g/mol. The molecule has 1 nitrogen and oxygen atoms in total. The number of fused-ring (bicyclic) bond motifs is 1. The van der Waals surface area contributed by atoms with Gasteiger partial charge in [-0.1, -0.05) is 20.3 Å². The van der Waals surface area contributed by atoms with E-state index in [-0.39, 0.29) is 0 Å². The van der Waals surface area contributed by atoms with Crippen LogP contribution in [0.4, 0.5) is 0 Å². The molecular weight excluding hydrogens is 160 g/mol. The van der Waals surface area contributed by atoms with Gasteiger partial charge in [-0.15, -0.1) is 0 Å². The maximum atomic E-state index is 11.7. The van der Waals surface area contributed by atoms with Gasteiger partial charge in [0.05, 0.1) is 0 Å². The monoisotopic (exact) mass is 180 g/mol. The minimum atomic E-state index is 0.379. The van der Waals surface area contributed by atoms with Crippen LogP contribution >= 0.6 is 0 Å². The van der Waals surface area contributed by atoms with E-state index in [0.29, 0.717) is 17.1 Å². The molecule has 0 bridgehead atoms. The van der Waals surface area contributed by atoms with Crippen molar-refractivity contribution in [3.63, 3.8) is 0 Å². The molecule has 2 rings (SSSR count). The first kappa shape index (κ1) is 9.23. The third kappa shape index (κ3) is 1.24. The predicted octanol–water partition coefficient (Wildman–Crippen LogP) is 3.18. The smallest absolute Gasteiger partial charge is 0.136 e. The van der Waals surface area contributed by atoms with Crippen molar-refractivity contribution in [1.82, 2.24) is 0 Å². The lowest BCUT2D eigenvalue weighted by atomic mass is 9.64. The normalized spacial score (nSPS) is 44.9. The highest BCUT2D eigenvalue weighted by molar-refractivity contribution is 5.83. The largest absolute Gasteiger partial charge is 0.299 e. The molecule has 0 aliphatic heterocycles. The van der Waals surface area contributed by atoms with E-state index in [0.717, 1.165) is 18.8 Å². The van der Waals surface area contributed by atoms with Gasteiger partial charge in [-0.05, 0) is 37.0 Å². The summed E-state index contributed by atoms with van der Waals surface area (Å²) >= 11 is 0. The highest BCUT2D eigenvalue weighted by atomic mass is 16.1. The lowest BCUT2D eigenvalue weighted by Crippen LogP contribution is -2.37. The summed E-state index contributed by atoms with van der Waals surface area (Å²) in [7, 11) is 0. The zero-order valence-electron chi connectivity index (χ0n) is 8.81. The molecule has 0 saturated heterocycles. The van der Waals surface area contributed by atoms with Gasteiger partial charge in [0.1, 0.15) is 5.78 Å². The predicted molar refractivity (Wildman–Crippen MR) is 53.5 cm³/mol. The second kappa shape index (κ2) is 3.11. The summed E-state index contributed by atoms with van der Waals surface area (Å²) < 4.78 is 0. The molecule has 0 aromatic carbocycles. The van der Waals surface area contributed by atoms with E-state index in [4.69, 9.17) is 0 Å². The van der Waals surface area contributed by atoms with Gasteiger partial charge in [-0.3, -0.25) is 4.79 Å². The van der Waals surface area contributed by atoms with E-state index in [1.54, 1.807) is 0 Å². The van der Waals surface area contributed by atoms with Crippen LogP contribution in [0.2, 0.25) is 0 Å². The number of Topliss-reactive ketones (excluding diaryl/α,β-unsaturated/α-hetero) is 1. The Morgan fingerprint density at radius 3 is 2.92 bits per heavy atom. The topological polar surface area (TPSA) is 17.1 Å². The van der Waals surface area contributed by atoms with Crippen LogP contribution in [0.25, 0.3) is 0 Å². The molecule has 2 aliphatic rings. The zero-order valence-corrected chi connectivity index (χ0v) is 8.81. The van der Waals surface area contributed by atoms with Crippen LogP contribution in [0, 0.1) is 17.3 Å². The molecule has 13 heavy (non-hydrogen) atoms. The van der Waals surface area contributed by atoms with Crippen LogP contribution in [-0.4, -0.2) is 5.78 Å². The molecule has 74 valence electrons. The molecule has 2 saturated carbocycles. The first-order chi connectivity index (χ1) is 6.18. The second-order valence-corrected chi connectivity index (χ2v) is 5.06. The molecule has 3 atom stereocenters. The van der Waals surface area contributed by atoms with Crippen molar-refractivity contribution in [1.29, 1.82) is 0 Å². The molecule has 2 fully saturated rings. The number of carbonyl (C=O) groups excluding carboxylic acids is 1. The van der Waals surface area contributed by atoms with Crippen molar-refractivity contribution in [2.75, 3.05) is 0 Å². The third-order valence-electron chi connectivity index (χ3n) is 4.55. The van der Waals surface area contributed by atoms with Gasteiger partial charge < -0.3 is 0 Å². The Balaban J connectivity index is 2.23. The molecule has 0 N–H and O–H groups in total. The van der Waals surface area contributed by atoms with E-state index in [9.17, 15) is 4.79 Å². The van der Waals surface area contributed by atoms with E-state index >= 15 is 0 Å². The van der Waals surface area contributed by atoms with Crippen LogP contribution in [0.3, 0.4) is 0 Å². The molecule has 0 heterocycles. The molecule has 0 aromatic rings. The second-order valence-electron chi connectivity index (χ2n) is 5.06.